The molecular weight excluding hydrogens is 401 g/mol. The van der Waals surface area contributed by atoms with Crippen molar-refractivity contribution in [3.05, 3.63) is 74.7 Å². The van der Waals surface area contributed by atoms with Gasteiger partial charge in [-0.15, -0.1) is 0 Å². The van der Waals surface area contributed by atoms with Gasteiger partial charge in [0.05, 0.1) is 29.2 Å². The number of nitrogens with zero attached hydrogens (tertiary/aromatic N) is 3. The van der Waals surface area contributed by atoms with Crippen LogP contribution in [-0.4, -0.2) is 23.4 Å². The monoisotopic (exact) mass is 415 g/mol. The van der Waals surface area contributed by atoms with Crippen LogP contribution in [0.2, 0.25) is 10.0 Å². The summed E-state index contributed by atoms with van der Waals surface area (Å²) >= 11 is 13.8. The molecule has 0 saturated carbocycles. The number of hydrogen-bond donors (Lipinski definition) is 0. The van der Waals surface area contributed by atoms with E-state index >= 15 is 0 Å². The van der Waals surface area contributed by atoms with E-state index in [1.165, 1.54) is 11.8 Å². The van der Waals surface area contributed by atoms with Gasteiger partial charge >= 0.3 is 0 Å². The van der Waals surface area contributed by atoms with Crippen LogP contribution in [0.25, 0.3) is 0 Å². The van der Waals surface area contributed by atoms with Crippen molar-refractivity contribution in [2.24, 2.45) is 0 Å². The number of benzene rings is 2. The van der Waals surface area contributed by atoms with Crippen LogP contribution < -0.4 is 4.90 Å². The second kappa shape index (κ2) is 7.47. The van der Waals surface area contributed by atoms with E-state index in [9.17, 15) is 10.1 Å². The van der Waals surface area contributed by atoms with Crippen molar-refractivity contribution in [1.29, 1.82) is 5.26 Å². The predicted octanol–water partition coefficient (Wildman–Crippen LogP) is 5.21. The lowest BCUT2D eigenvalue weighted by Crippen LogP contribution is -2.47. The summed E-state index contributed by atoms with van der Waals surface area (Å²) in [5.41, 5.74) is 2.44. The van der Waals surface area contributed by atoms with E-state index in [1.807, 2.05) is 42.5 Å². The molecule has 2 aliphatic heterocycles. The van der Waals surface area contributed by atoms with Gasteiger partial charge in [-0.3, -0.25) is 9.69 Å². The highest BCUT2D eigenvalue weighted by Crippen LogP contribution is 2.44. The quantitative estimate of drug-likeness (QED) is 0.674. The number of carbonyl (C=O) groups is 1. The fourth-order valence-corrected chi connectivity index (χ4v) is 4.96. The van der Waals surface area contributed by atoms with Crippen molar-refractivity contribution < 1.29 is 4.79 Å². The van der Waals surface area contributed by atoms with Crippen molar-refractivity contribution in [1.82, 2.24) is 4.90 Å². The summed E-state index contributed by atoms with van der Waals surface area (Å²) in [7, 11) is 0. The summed E-state index contributed by atoms with van der Waals surface area (Å²) in [6, 6.07) is 17.3. The van der Waals surface area contributed by atoms with Gasteiger partial charge in [0.15, 0.2) is 0 Å². The molecule has 4 rings (SSSR count). The number of amides is 1. The van der Waals surface area contributed by atoms with Gasteiger partial charge in [0.2, 0.25) is 5.91 Å². The van der Waals surface area contributed by atoms with Gasteiger partial charge in [0.1, 0.15) is 0 Å². The summed E-state index contributed by atoms with van der Waals surface area (Å²) in [6.07, 6.45) is 0.241. The smallest absolute Gasteiger partial charge is 0.229 e. The van der Waals surface area contributed by atoms with Crippen LogP contribution in [0.5, 0.6) is 0 Å². The fourth-order valence-electron chi connectivity index (χ4n) is 3.40. The van der Waals surface area contributed by atoms with Gasteiger partial charge in [0.25, 0.3) is 0 Å². The standard InChI is InChI=1S/C20H15Cl2N3OS/c21-13-5-7-14(8-6-13)24-11-25-19(26)9-16(15-3-1-2-4-18(15)22)17(10-23)20(25)27-12-24/h1-8,16H,9,11-12H2. The molecule has 2 aromatic carbocycles. The summed E-state index contributed by atoms with van der Waals surface area (Å²) in [5.74, 6) is 0.360. The Morgan fingerprint density at radius 2 is 1.85 bits per heavy atom. The zero-order valence-corrected chi connectivity index (χ0v) is 16.6. The third kappa shape index (κ3) is 3.41. The Hall–Kier alpha value is -2.13. The van der Waals surface area contributed by atoms with Crippen LogP contribution >= 0.6 is 35.0 Å². The molecule has 0 aliphatic carbocycles. The number of anilines is 1. The van der Waals surface area contributed by atoms with Gasteiger partial charge in [-0.2, -0.15) is 5.26 Å². The van der Waals surface area contributed by atoms with Crippen molar-refractivity contribution >= 4 is 46.6 Å². The number of nitriles is 1. The Labute approximate surface area is 172 Å². The predicted molar refractivity (Wildman–Crippen MR) is 110 cm³/mol. The Bertz CT molecular complexity index is 968. The minimum atomic E-state index is -0.294. The highest BCUT2D eigenvalue weighted by atomic mass is 35.5. The Morgan fingerprint density at radius 1 is 1.11 bits per heavy atom. The van der Waals surface area contributed by atoms with Gasteiger partial charge in [-0.1, -0.05) is 53.2 Å². The number of thioether (sulfide) groups is 1. The average Bonchev–Trinajstić information content (AvgIpc) is 2.69. The van der Waals surface area contributed by atoms with Crippen molar-refractivity contribution in [3.8, 4) is 6.07 Å². The first-order valence-corrected chi connectivity index (χ1v) is 10.1. The third-order valence-electron chi connectivity index (χ3n) is 4.77. The summed E-state index contributed by atoms with van der Waals surface area (Å²) in [6.45, 7) is 0.420. The van der Waals surface area contributed by atoms with Gasteiger partial charge in [0, 0.05) is 28.1 Å². The highest BCUT2D eigenvalue weighted by molar-refractivity contribution is 8.03. The molecular formula is C20H15Cl2N3OS. The molecule has 4 nitrogen and oxygen atoms in total. The Balaban J connectivity index is 1.68. The zero-order valence-electron chi connectivity index (χ0n) is 14.2. The molecule has 2 aliphatic rings. The number of allylic oxidation sites excluding steroid dienone is 1. The molecule has 1 saturated heterocycles. The fraction of sp³-hybridized carbons (Fsp3) is 0.200. The lowest BCUT2D eigenvalue weighted by atomic mass is 9.86. The summed E-state index contributed by atoms with van der Waals surface area (Å²) < 4.78 is 0. The molecule has 7 heteroatoms. The van der Waals surface area contributed by atoms with E-state index < -0.39 is 0 Å². The Kier molecular flexibility index (Phi) is 5.05. The van der Waals surface area contributed by atoms with Crippen molar-refractivity contribution in [2.75, 3.05) is 17.4 Å². The molecule has 1 amide bonds. The zero-order chi connectivity index (χ0) is 19.0. The molecule has 0 aromatic heterocycles. The highest BCUT2D eigenvalue weighted by Gasteiger charge is 2.38. The number of fused-ring (bicyclic) bond motifs is 1. The molecule has 0 bridgehead atoms. The normalized spacial score (nSPS) is 19.7. The summed E-state index contributed by atoms with van der Waals surface area (Å²) in [4.78, 5) is 16.7. The lowest BCUT2D eigenvalue weighted by molar-refractivity contribution is -0.129. The van der Waals surface area contributed by atoms with Crippen LogP contribution in [-0.2, 0) is 4.79 Å². The molecule has 1 atom stereocenters. The van der Waals surface area contributed by atoms with E-state index in [4.69, 9.17) is 23.2 Å². The van der Waals surface area contributed by atoms with Gasteiger partial charge < -0.3 is 4.90 Å². The second-order valence-electron chi connectivity index (χ2n) is 6.36. The van der Waals surface area contributed by atoms with Crippen LogP contribution in [0, 0.1) is 11.3 Å². The second-order valence-corrected chi connectivity index (χ2v) is 8.14. The van der Waals surface area contributed by atoms with Gasteiger partial charge in [-0.05, 0) is 35.9 Å². The lowest BCUT2D eigenvalue weighted by Gasteiger charge is -2.42. The van der Waals surface area contributed by atoms with E-state index in [-0.39, 0.29) is 18.2 Å². The van der Waals surface area contributed by atoms with Gasteiger partial charge in [-0.25, -0.2) is 0 Å². The third-order valence-corrected chi connectivity index (χ3v) is 6.52. The van der Waals surface area contributed by atoms with Crippen LogP contribution in [0.3, 0.4) is 0 Å². The molecule has 1 fully saturated rings. The molecule has 136 valence electrons. The van der Waals surface area contributed by atoms with E-state index in [0.29, 0.717) is 28.2 Å². The maximum absolute atomic E-state index is 12.9. The number of halogens is 2. The first-order chi connectivity index (χ1) is 13.1. The largest absolute Gasteiger partial charge is 0.344 e. The molecule has 27 heavy (non-hydrogen) atoms. The van der Waals surface area contributed by atoms with Crippen LogP contribution in [0.15, 0.2) is 59.1 Å². The van der Waals surface area contributed by atoms with Crippen molar-refractivity contribution in [2.45, 2.75) is 12.3 Å². The Morgan fingerprint density at radius 3 is 2.56 bits per heavy atom. The maximum atomic E-state index is 12.9. The van der Waals surface area contributed by atoms with Crippen LogP contribution in [0.1, 0.15) is 17.9 Å². The van der Waals surface area contributed by atoms with Crippen molar-refractivity contribution in [3.63, 3.8) is 0 Å². The molecule has 0 radical (unpaired) electrons. The van der Waals surface area contributed by atoms with E-state index in [1.54, 1.807) is 11.0 Å². The molecule has 0 spiro atoms. The summed E-state index contributed by atoms with van der Waals surface area (Å²) in [5, 5.41) is 11.8. The van der Waals surface area contributed by atoms with E-state index in [0.717, 1.165) is 16.3 Å². The first-order valence-electron chi connectivity index (χ1n) is 8.41. The molecule has 0 N–H and O–H groups in total. The first kappa shape index (κ1) is 18.2. The topological polar surface area (TPSA) is 47.3 Å². The molecule has 1 unspecified atom stereocenters. The number of rotatable bonds is 2. The molecule has 2 heterocycles. The van der Waals surface area contributed by atoms with E-state index in [2.05, 4.69) is 11.0 Å². The maximum Gasteiger partial charge on any atom is 0.229 e. The average molecular weight is 416 g/mol. The number of carbonyl (C=O) groups excluding carboxylic acids is 1. The molecule has 2 aromatic rings. The minimum absolute atomic E-state index is 0.0000771. The minimum Gasteiger partial charge on any atom is -0.344 e. The number of hydrogen-bond acceptors (Lipinski definition) is 4. The van der Waals surface area contributed by atoms with Crippen LogP contribution in [0.4, 0.5) is 5.69 Å². The SMILES string of the molecule is N#CC1=C2SCN(c3ccc(Cl)cc3)CN2C(=O)CC1c1ccccc1Cl.